The first-order chi connectivity index (χ1) is 5.47. The van der Waals surface area contributed by atoms with Gasteiger partial charge < -0.3 is 4.74 Å². The fourth-order valence-corrected chi connectivity index (χ4v) is 1.07. The standard InChI is InChI=1S/C10H13BrO/c1-8-4-6-9(7-5-8)12-10(2,3)11/h4-7H,1-3H3. The molecule has 1 aromatic rings. The number of halogens is 1. The quantitative estimate of drug-likeness (QED) is 0.705. The van der Waals surface area contributed by atoms with Gasteiger partial charge in [0.15, 0.2) is 4.51 Å². The van der Waals surface area contributed by atoms with E-state index in [4.69, 9.17) is 4.74 Å². The highest BCUT2D eigenvalue weighted by molar-refractivity contribution is 9.10. The minimum Gasteiger partial charge on any atom is -0.477 e. The summed E-state index contributed by atoms with van der Waals surface area (Å²) in [6, 6.07) is 8.01. The highest BCUT2D eigenvalue weighted by atomic mass is 79.9. The molecule has 0 atom stereocenters. The first-order valence-corrected chi connectivity index (χ1v) is 4.71. The van der Waals surface area contributed by atoms with Crippen molar-refractivity contribution >= 4 is 15.9 Å². The van der Waals surface area contributed by atoms with E-state index in [0.717, 1.165) is 5.75 Å². The van der Waals surface area contributed by atoms with Crippen molar-refractivity contribution in [3.05, 3.63) is 29.8 Å². The van der Waals surface area contributed by atoms with Crippen LogP contribution in [0.2, 0.25) is 0 Å². The summed E-state index contributed by atoms with van der Waals surface area (Å²) in [4.78, 5) is 0. The van der Waals surface area contributed by atoms with Crippen LogP contribution in [0, 0.1) is 6.92 Å². The molecular weight excluding hydrogens is 216 g/mol. The van der Waals surface area contributed by atoms with Crippen molar-refractivity contribution in [3.63, 3.8) is 0 Å². The molecule has 0 aromatic heterocycles. The second-order valence-electron chi connectivity index (χ2n) is 3.28. The van der Waals surface area contributed by atoms with Crippen LogP contribution in [-0.4, -0.2) is 4.51 Å². The highest BCUT2D eigenvalue weighted by Crippen LogP contribution is 2.22. The van der Waals surface area contributed by atoms with E-state index >= 15 is 0 Å². The van der Waals surface area contributed by atoms with E-state index in [2.05, 4.69) is 22.9 Å². The van der Waals surface area contributed by atoms with Crippen LogP contribution in [0.15, 0.2) is 24.3 Å². The lowest BCUT2D eigenvalue weighted by atomic mass is 10.2. The summed E-state index contributed by atoms with van der Waals surface area (Å²) in [5, 5.41) is 0. The van der Waals surface area contributed by atoms with E-state index in [1.807, 2.05) is 38.1 Å². The molecule has 0 unspecified atom stereocenters. The second-order valence-corrected chi connectivity index (χ2v) is 5.19. The molecule has 0 saturated heterocycles. The molecule has 0 heterocycles. The summed E-state index contributed by atoms with van der Waals surface area (Å²) < 4.78 is 5.28. The Labute approximate surface area is 81.9 Å². The average Bonchev–Trinajstić information content (AvgIpc) is 1.91. The number of alkyl halides is 1. The summed E-state index contributed by atoms with van der Waals surface area (Å²) in [7, 11) is 0. The summed E-state index contributed by atoms with van der Waals surface area (Å²) >= 11 is 3.41. The third-order valence-corrected chi connectivity index (χ3v) is 1.54. The molecule has 0 aliphatic carbocycles. The number of hydrogen-bond acceptors (Lipinski definition) is 1. The van der Waals surface area contributed by atoms with Crippen LogP contribution in [0.5, 0.6) is 5.75 Å². The number of ether oxygens (including phenoxy) is 1. The Kier molecular flexibility index (Phi) is 2.78. The minimum absolute atomic E-state index is 0.289. The number of hydrogen-bond donors (Lipinski definition) is 0. The van der Waals surface area contributed by atoms with Crippen LogP contribution in [0.4, 0.5) is 0 Å². The molecule has 0 N–H and O–H groups in total. The zero-order valence-corrected chi connectivity index (χ0v) is 9.18. The molecule has 0 fully saturated rings. The van der Waals surface area contributed by atoms with Crippen LogP contribution < -0.4 is 4.74 Å². The van der Waals surface area contributed by atoms with Gasteiger partial charge >= 0.3 is 0 Å². The van der Waals surface area contributed by atoms with Crippen molar-refractivity contribution in [2.75, 3.05) is 0 Å². The van der Waals surface area contributed by atoms with Crippen molar-refractivity contribution in [2.24, 2.45) is 0 Å². The molecule has 0 aliphatic heterocycles. The van der Waals surface area contributed by atoms with Gasteiger partial charge in [0.1, 0.15) is 5.75 Å². The van der Waals surface area contributed by atoms with Gasteiger partial charge in [-0.3, -0.25) is 0 Å². The monoisotopic (exact) mass is 228 g/mol. The Morgan fingerprint density at radius 2 is 1.67 bits per heavy atom. The molecule has 1 nitrogen and oxygen atoms in total. The summed E-state index contributed by atoms with van der Waals surface area (Å²) in [6.07, 6.45) is 0. The van der Waals surface area contributed by atoms with Gasteiger partial charge in [0.2, 0.25) is 0 Å². The molecule has 0 aliphatic rings. The van der Waals surface area contributed by atoms with Crippen molar-refractivity contribution < 1.29 is 4.74 Å². The lowest BCUT2D eigenvalue weighted by molar-refractivity contribution is 0.214. The van der Waals surface area contributed by atoms with Gasteiger partial charge in [-0.25, -0.2) is 0 Å². The maximum atomic E-state index is 5.57. The fourth-order valence-electron chi connectivity index (χ4n) is 0.887. The fraction of sp³-hybridized carbons (Fsp3) is 0.400. The molecule has 66 valence electrons. The molecule has 0 saturated carbocycles. The molecule has 12 heavy (non-hydrogen) atoms. The van der Waals surface area contributed by atoms with E-state index in [0.29, 0.717) is 0 Å². The van der Waals surface area contributed by atoms with Crippen LogP contribution >= 0.6 is 15.9 Å². The van der Waals surface area contributed by atoms with Crippen molar-refractivity contribution in [3.8, 4) is 5.75 Å². The highest BCUT2D eigenvalue weighted by Gasteiger charge is 2.13. The zero-order valence-electron chi connectivity index (χ0n) is 7.60. The normalized spacial score (nSPS) is 11.3. The molecule has 1 aromatic carbocycles. The minimum atomic E-state index is -0.289. The van der Waals surface area contributed by atoms with E-state index in [9.17, 15) is 0 Å². The van der Waals surface area contributed by atoms with Crippen molar-refractivity contribution in [2.45, 2.75) is 25.3 Å². The molecule has 0 spiro atoms. The Balaban J connectivity index is 2.71. The zero-order chi connectivity index (χ0) is 9.19. The van der Waals surface area contributed by atoms with Crippen LogP contribution in [0.1, 0.15) is 19.4 Å². The van der Waals surface area contributed by atoms with Crippen molar-refractivity contribution in [1.29, 1.82) is 0 Å². The predicted octanol–water partition coefficient (Wildman–Crippen LogP) is 3.50. The molecule has 1 rings (SSSR count). The lowest BCUT2D eigenvalue weighted by Gasteiger charge is -2.18. The van der Waals surface area contributed by atoms with Gasteiger partial charge in [0.05, 0.1) is 0 Å². The number of aryl methyl sites for hydroxylation is 1. The van der Waals surface area contributed by atoms with Crippen LogP contribution in [0.3, 0.4) is 0 Å². The Hall–Kier alpha value is -0.500. The van der Waals surface area contributed by atoms with Gasteiger partial charge in [-0.1, -0.05) is 17.7 Å². The third kappa shape index (κ3) is 3.26. The Bertz CT molecular complexity index is 246. The number of benzene rings is 1. The maximum Gasteiger partial charge on any atom is 0.157 e. The molecule has 0 amide bonds. The van der Waals surface area contributed by atoms with Gasteiger partial charge in [-0.15, -0.1) is 0 Å². The lowest BCUT2D eigenvalue weighted by Crippen LogP contribution is -2.18. The molecule has 0 radical (unpaired) electrons. The first-order valence-electron chi connectivity index (χ1n) is 3.92. The van der Waals surface area contributed by atoms with Crippen molar-refractivity contribution in [1.82, 2.24) is 0 Å². The Morgan fingerprint density at radius 1 is 1.17 bits per heavy atom. The topological polar surface area (TPSA) is 9.23 Å². The van der Waals surface area contributed by atoms with Crippen LogP contribution in [-0.2, 0) is 0 Å². The largest absolute Gasteiger partial charge is 0.477 e. The summed E-state index contributed by atoms with van der Waals surface area (Å²) in [6.45, 7) is 5.99. The molecule has 0 bridgehead atoms. The van der Waals surface area contributed by atoms with Gasteiger partial charge in [0.25, 0.3) is 0 Å². The average molecular weight is 229 g/mol. The molecular formula is C10H13BrO. The van der Waals surface area contributed by atoms with E-state index in [-0.39, 0.29) is 4.51 Å². The SMILES string of the molecule is Cc1ccc(OC(C)(C)Br)cc1. The molecule has 2 heteroatoms. The third-order valence-electron chi connectivity index (χ3n) is 1.38. The second kappa shape index (κ2) is 3.48. The smallest absolute Gasteiger partial charge is 0.157 e. The predicted molar refractivity (Wildman–Crippen MR) is 54.8 cm³/mol. The summed E-state index contributed by atoms with van der Waals surface area (Å²) in [5.41, 5.74) is 1.25. The van der Waals surface area contributed by atoms with E-state index in [1.165, 1.54) is 5.56 Å². The maximum absolute atomic E-state index is 5.57. The van der Waals surface area contributed by atoms with Gasteiger partial charge in [-0.05, 0) is 48.8 Å². The van der Waals surface area contributed by atoms with Crippen LogP contribution in [0.25, 0.3) is 0 Å². The first kappa shape index (κ1) is 9.59. The van der Waals surface area contributed by atoms with Gasteiger partial charge in [-0.2, -0.15) is 0 Å². The number of rotatable bonds is 2. The Morgan fingerprint density at radius 3 is 2.08 bits per heavy atom. The van der Waals surface area contributed by atoms with E-state index < -0.39 is 0 Å². The van der Waals surface area contributed by atoms with Gasteiger partial charge in [0, 0.05) is 0 Å². The van der Waals surface area contributed by atoms with E-state index in [1.54, 1.807) is 0 Å². The summed E-state index contributed by atoms with van der Waals surface area (Å²) in [5.74, 6) is 0.891.